The van der Waals surface area contributed by atoms with Crippen molar-refractivity contribution in [3.63, 3.8) is 0 Å². The second-order valence-corrected chi connectivity index (χ2v) is 9.57. The summed E-state index contributed by atoms with van der Waals surface area (Å²) in [6.07, 6.45) is 0. The molecule has 0 unspecified atom stereocenters. The molecule has 0 N–H and O–H groups in total. The van der Waals surface area contributed by atoms with Crippen LogP contribution in [0.3, 0.4) is 0 Å². The molecule has 0 aliphatic carbocycles. The highest BCUT2D eigenvalue weighted by molar-refractivity contribution is 8.20. The Labute approximate surface area is 199 Å². The van der Waals surface area contributed by atoms with Crippen LogP contribution < -0.4 is 19.3 Å². The zero-order valence-corrected chi connectivity index (χ0v) is 19.4. The molecule has 3 aliphatic heterocycles. The smallest absolute Gasteiger partial charge is 0.274 e. The zero-order chi connectivity index (χ0) is 22.4. The van der Waals surface area contributed by atoms with Crippen molar-refractivity contribution in [1.29, 1.82) is 0 Å². The molecule has 164 valence electrons. The van der Waals surface area contributed by atoms with E-state index in [9.17, 15) is 4.79 Å². The Balaban J connectivity index is 1.44. The van der Waals surface area contributed by atoms with Gasteiger partial charge in [-0.25, -0.2) is 4.99 Å². The van der Waals surface area contributed by atoms with Gasteiger partial charge in [-0.2, -0.15) is 0 Å². The first kappa shape index (κ1) is 20.3. The van der Waals surface area contributed by atoms with Crippen molar-refractivity contribution in [1.82, 2.24) is 0 Å². The number of para-hydroxylation sites is 2. The van der Waals surface area contributed by atoms with Crippen molar-refractivity contribution in [3.05, 3.63) is 82.7 Å². The van der Waals surface area contributed by atoms with E-state index in [1.807, 2.05) is 67.7 Å². The highest BCUT2D eigenvalue weighted by Gasteiger charge is 2.40. The molecular weight excluding hydrogens is 454 g/mol. The fourth-order valence-corrected chi connectivity index (χ4v) is 6.24. The molecule has 6 rings (SSSR count). The lowest BCUT2D eigenvalue weighted by Gasteiger charge is -2.19. The maximum absolute atomic E-state index is 13.7. The van der Waals surface area contributed by atoms with Gasteiger partial charge in [0.15, 0.2) is 16.7 Å². The van der Waals surface area contributed by atoms with Crippen LogP contribution in [0.25, 0.3) is 0 Å². The Bertz CT molecular complexity index is 1320. The van der Waals surface area contributed by atoms with E-state index in [-0.39, 0.29) is 5.91 Å². The van der Waals surface area contributed by atoms with Gasteiger partial charge in [-0.3, -0.25) is 9.69 Å². The minimum absolute atomic E-state index is 0.0790. The fraction of sp³-hybridized carbons (Fsp3) is 0.120. The molecule has 0 saturated carbocycles. The van der Waals surface area contributed by atoms with Crippen LogP contribution in [-0.4, -0.2) is 31.3 Å². The van der Waals surface area contributed by atoms with Gasteiger partial charge in [-0.1, -0.05) is 42.1 Å². The maximum Gasteiger partial charge on any atom is 0.274 e. The van der Waals surface area contributed by atoms with E-state index in [1.54, 1.807) is 16.7 Å². The second kappa shape index (κ2) is 8.20. The summed E-state index contributed by atoms with van der Waals surface area (Å²) in [5.41, 5.74) is 2.59. The van der Waals surface area contributed by atoms with E-state index in [4.69, 9.17) is 14.5 Å². The summed E-state index contributed by atoms with van der Waals surface area (Å²) in [4.78, 5) is 24.1. The predicted octanol–water partition coefficient (Wildman–Crippen LogP) is 5.64. The van der Waals surface area contributed by atoms with Crippen LogP contribution in [0.15, 0.2) is 92.6 Å². The SMILES string of the molecule is CN1C(=C2SC(=Nc3ccc4c(c3)OCCO4)N(c3ccccc3)C2=O)Sc2ccccc21. The summed E-state index contributed by atoms with van der Waals surface area (Å²) in [6.45, 7) is 1.05. The Morgan fingerprint density at radius 3 is 2.45 bits per heavy atom. The molecule has 0 spiro atoms. The molecule has 0 radical (unpaired) electrons. The highest BCUT2D eigenvalue weighted by atomic mass is 32.2. The summed E-state index contributed by atoms with van der Waals surface area (Å²) in [5.74, 6) is 1.30. The number of carbonyl (C=O) groups is 1. The molecule has 33 heavy (non-hydrogen) atoms. The van der Waals surface area contributed by atoms with Gasteiger partial charge < -0.3 is 14.4 Å². The summed E-state index contributed by atoms with van der Waals surface area (Å²) in [5, 5.41) is 1.52. The van der Waals surface area contributed by atoms with E-state index >= 15 is 0 Å². The first-order valence-electron chi connectivity index (χ1n) is 10.5. The number of amides is 1. The highest BCUT2D eigenvalue weighted by Crippen LogP contribution is 2.50. The molecule has 3 aromatic carbocycles. The number of fused-ring (bicyclic) bond motifs is 2. The summed E-state index contributed by atoms with van der Waals surface area (Å²) in [7, 11) is 2.00. The number of hydrogen-bond donors (Lipinski definition) is 0. The predicted molar refractivity (Wildman–Crippen MR) is 134 cm³/mol. The molecule has 1 amide bonds. The van der Waals surface area contributed by atoms with E-state index in [0.29, 0.717) is 40.5 Å². The van der Waals surface area contributed by atoms with Gasteiger partial charge in [-0.15, -0.1) is 0 Å². The molecule has 1 saturated heterocycles. The third-order valence-electron chi connectivity index (χ3n) is 5.48. The van der Waals surface area contributed by atoms with Crippen LogP contribution in [0.4, 0.5) is 17.1 Å². The first-order valence-corrected chi connectivity index (χ1v) is 12.1. The Hall–Kier alpha value is -3.36. The van der Waals surface area contributed by atoms with Crippen LogP contribution in [0, 0.1) is 0 Å². The Morgan fingerprint density at radius 2 is 1.64 bits per heavy atom. The van der Waals surface area contributed by atoms with Crippen molar-refractivity contribution in [2.45, 2.75) is 4.90 Å². The van der Waals surface area contributed by atoms with Crippen LogP contribution >= 0.6 is 23.5 Å². The van der Waals surface area contributed by atoms with Crippen LogP contribution in [0.1, 0.15) is 0 Å². The summed E-state index contributed by atoms with van der Waals surface area (Å²) < 4.78 is 11.3. The number of benzene rings is 3. The van der Waals surface area contributed by atoms with Crippen LogP contribution in [0.5, 0.6) is 11.5 Å². The van der Waals surface area contributed by atoms with Gasteiger partial charge in [0.25, 0.3) is 5.91 Å². The molecule has 1 fully saturated rings. The van der Waals surface area contributed by atoms with Gasteiger partial charge in [0, 0.05) is 18.0 Å². The third kappa shape index (κ3) is 3.55. The molecular formula is C25H19N3O3S2. The number of amidine groups is 1. The standard InChI is InChI=1S/C25H19N3O3S2/c1-27-18-9-5-6-10-21(18)32-24(27)22-23(29)28(17-7-3-2-4-8-17)25(33-22)26-16-11-12-19-20(15-16)31-14-13-30-19/h2-12,15H,13-14H2,1H3. The van der Waals surface area contributed by atoms with Crippen molar-refractivity contribution in [2.24, 2.45) is 4.99 Å². The van der Waals surface area contributed by atoms with Gasteiger partial charge in [0.1, 0.15) is 18.1 Å². The number of carbonyl (C=O) groups excluding carboxylic acids is 1. The number of rotatable bonds is 2. The second-order valence-electron chi connectivity index (χ2n) is 7.56. The van der Waals surface area contributed by atoms with Crippen molar-refractivity contribution in [3.8, 4) is 11.5 Å². The van der Waals surface area contributed by atoms with Crippen molar-refractivity contribution in [2.75, 3.05) is 30.1 Å². The first-order chi connectivity index (χ1) is 16.2. The number of anilines is 2. The summed E-state index contributed by atoms with van der Waals surface area (Å²) >= 11 is 3.01. The molecule has 6 nitrogen and oxygen atoms in total. The molecule has 0 atom stereocenters. The summed E-state index contributed by atoms with van der Waals surface area (Å²) in [6, 6.07) is 23.4. The number of ether oxygens (including phenoxy) is 2. The van der Waals surface area contributed by atoms with Gasteiger partial charge in [0.2, 0.25) is 0 Å². The van der Waals surface area contributed by atoms with Gasteiger partial charge in [-0.05, 0) is 48.2 Å². The molecule has 0 bridgehead atoms. The monoisotopic (exact) mass is 473 g/mol. The minimum Gasteiger partial charge on any atom is -0.486 e. The van der Waals surface area contributed by atoms with E-state index in [0.717, 1.165) is 21.3 Å². The molecule has 8 heteroatoms. The van der Waals surface area contributed by atoms with Crippen LogP contribution in [0.2, 0.25) is 0 Å². The molecule has 3 aromatic rings. The van der Waals surface area contributed by atoms with Gasteiger partial charge >= 0.3 is 0 Å². The van der Waals surface area contributed by atoms with Crippen molar-refractivity contribution < 1.29 is 14.3 Å². The number of hydrogen-bond acceptors (Lipinski definition) is 7. The number of nitrogens with zero attached hydrogens (tertiary/aromatic N) is 3. The van der Waals surface area contributed by atoms with E-state index < -0.39 is 0 Å². The number of aliphatic imine (C=N–C) groups is 1. The molecule has 0 aromatic heterocycles. The lowest BCUT2D eigenvalue weighted by molar-refractivity contribution is -0.113. The quantitative estimate of drug-likeness (QED) is 0.449. The van der Waals surface area contributed by atoms with E-state index in [2.05, 4.69) is 17.0 Å². The number of thioether (sulfide) groups is 2. The third-order valence-corrected chi connectivity index (χ3v) is 7.87. The average Bonchev–Trinajstić information content (AvgIpc) is 3.35. The van der Waals surface area contributed by atoms with Crippen molar-refractivity contribution >= 4 is 51.7 Å². The normalized spacial score (nSPS) is 20.5. The maximum atomic E-state index is 13.7. The average molecular weight is 474 g/mol. The fourth-order valence-electron chi connectivity index (χ4n) is 3.89. The van der Waals surface area contributed by atoms with Gasteiger partial charge in [0.05, 0.1) is 22.1 Å². The minimum atomic E-state index is -0.0790. The zero-order valence-electron chi connectivity index (χ0n) is 17.7. The van der Waals surface area contributed by atoms with E-state index in [1.165, 1.54) is 11.8 Å². The topological polar surface area (TPSA) is 54.4 Å². The Morgan fingerprint density at radius 1 is 0.879 bits per heavy atom. The Kier molecular flexibility index (Phi) is 5.04. The largest absolute Gasteiger partial charge is 0.486 e. The van der Waals surface area contributed by atoms with Crippen LogP contribution in [-0.2, 0) is 4.79 Å². The lowest BCUT2D eigenvalue weighted by atomic mass is 10.2. The molecule has 3 aliphatic rings. The molecule has 3 heterocycles. The lowest BCUT2D eigenvalue weighted by Crippen LogP contribution is -2.29.